The monoisotopic (exact) mass is 233 g/mol. The minimum absolute atomic E-state index is 0.173. The van der Waals surface area contributed by atoms with Crippen LogP contribution >= 0.6 is 0 Å². The van der Waals surface area contributed by atoms with E-state index in [1.165, 1.54) is 24.0 Å². The van der Waals surface area contributed by atoms with Gasteiger partial charge in [-0.2, -0.15) is 0 Å². The smallest absolute Gasteiger partial charge is 0.257 e. The number of ketones is 1. The van der Waals surface area contributed by atoms with Crippen LogP contribution in [0.3, 0.4) is 0 Å². The number of amides is 1. The van der Waals surface area contributed by atoms with Crippen molar-refractivity contribution in [3.05, 3.63) is 41.7 Å². The molecule has 3 nitrogen and oxygen atoms in total. The zero-order valence-electron chi connectivity index (χ0n) is 9.61. The Labute approximate surface area is 98.5 Å². The van der Waals surface area contributed by atoms with Crippen LogP contribution in [0.2, 0.25) is 0 Å². The highest BCUT2D eigenvalue weighted by molar-refractivity contribution is 6.17. The first-order chi connectivity index (χ1) is 8.02. The van der Waals surface area contributed by atoms with Gasteiger partial charge in [-0.25, -0.2) is 4.39 Å². The summed E-state index contributed by atoms with van der Waals surface area (Å²) in [7, 11) is 0. The van der Waals surface area contributed by atoms with Gasteiger partial charge in [0.05, 0.1) is 11.7 Å². The van der Waals surface area contributed by atoms with Crippen LogP contribution in [0.1, 0.15) is 13.8 Å². The molecule has 4 heteroatoms. The number of anilines is 1. The molecule has 1 aliphatic heterocycles. The molecule has 1 heterocycles. The fraction of sp³-hybridized carbons (Fsp3) is 0.231. The molecule has 88 valence electrons. The van der Waals surface area contributed by atoms with Crippen molar-refractivity contribution in [1.82, 2.24) is 0 Å². The molecule has 17 heavy (non-hydrogen) atoms. The number of carbonyl (C=O) groups excluding carboxylic acids is 2. The van der Waals surface area contributed by atoms with E-state index in [9.17, 15) is 14.0 Å². The number of halogens is 1. The predicted octanol–water partition coefficient (Wildman–Crippen LogP) is 2.08. The van der Waals surface area contributed by atoms with Gasteiger partial charge in [-0.05, 0) is 32.1 Å². The maximum Gasteiger partial charge on any atom is 0.257 e. The van der Waals surface area contributed by atoms with E-state index >= 15 is 0 Å². The minimum atomic E-state index is -0.436. The van der Waals surface area contributed by atoms with E-state index in [1.54, 1.807) is 25.1 Å². The lowest BCUT2D eigenvalue weighted by Gasteiger charge is -2.40. The molecule has 0 saturated carbocycles. The Morgan fingerprint density at radius 1 is 1.41 bits per heavy atom. The molecule has 1 fully saturated rings. The Morgan fingerprint density at radius 3 is 2.59 bits per heavy atom. The van der Waals surface area contributed by atoms with Crippen LogP contribution in [-0.2, 0) is 9.59 Å². The van der Waals surface area contributed by atoms with E-state index in [1.807, 2.05) is 0 Å². The Kier molecular flexibility index (Phi) is 2.79. The van der Waals surface area contributed by atoms with Crippen LogP contribution in [0.4, 0.5) is 10.1 Å². The summed E-state index contributed by atoms with van der Waals surface area (Å²) in [6.07, 6.45) is 1.31. The molecule has 2 rings (SSSR count). The summed E-state index contributed by atoms with van der Waals surface area (Å²) in [6, 6.07) is 5.84. The Balaban J connectivity index is 2.31. The Bertz CT molecular complexity index is 522. The van der Waals surface area contributed by atoms with Gasteiger partial charge in [0.2, 0.25) is 0 Å². The molecular weight excluding hydrogens is 221 g/mol. The number of hydrogen-bond donors (Lipinski definition) is 0. The largest absolute Gasteiger partial charge is 0.298 e. The second-order valence-corrected chi connectivity index (χ2v) is 4.01. The number of benzene rings is 1. The van der Waals surface area contributed by atoms with E-state index in [-0.39, 0.29) is 23.4 Å². The van der Waals surface area contributed by atoms with E-state index in [0.717, 1.165) is 0 Å². The average Bonchev–Trinajstić information content (AvgIpc) is 2.29. The molecule has 1 atom stereocenters. The molecule has 0 bridgehead atoms. The zero-order chi connectivity index (χ0) is 12.6. The highest BCUT2D eigenvalue weighted by Crippen LogP contribution is 2.33. The maximum absolute atomic E-state index is 13.5. The van der Waals surface area contributed by atoms with Crippen molar-refractivity contribution in [3.8, 4) is 0 Å². The standard InChI is InChI=1S/C13H12FNO2/c1-8(16)7-10-9(2)15(13(10)17)12-6-4-3-5-11(12)14/h3-7,9H,1-2H3/b10-7+. The van der Waals surface area contributed by atoms with E-state index in [0.29, 0.717) is 5.57 Å². The topological polar surface area (TPSA) is 37.4 Å². The number of carbonyl (C=O) groups is 2. The molecule has 1 aromatic rings. The SMILES string of the molecule is CC(=O)/C=C1/C(=O)N(c2ccccc2F)C1C. The van der Waals surface area contributed by atoms with Gasteiger partial charge in [0.15, 0.2) is 5.78 Å². The van der Waals surface area contributed by atoms with Gasteiger partial charge < -0.3 is 0 Å². The maximum atomic E-state index is 13.5. The first-order valence-electron chi connectivity index (χ1n) is 5.32. The molecule has 1 aromatic carbocycles. The van der Waals surface area contributed by atoms with Crippen molar-refractivity contribution in [2.75, 3.05) is 4.90 Å². The third kappa shape index (κ3) is 1.86. The molecule has 0 spiro atoms. The zero-order valence-corrected chi connectivity index (χ0v) is 9.61. The Morgan fingerprint density at radius 2 is 2.06 bits per heavy atom. The summed E-state index contributed by atoms with van der Waals surface area (Å²) in [5.41, 5.74) is 0.687. The van der Waals surface area contributed by atoms with Crippen LogP contribution in [-0.4, -0.2) is 17.7 Å². The number of hydrogen-bond acceptors (Lipinski definition) is 2. The summed E-state index contributed by atoms with van der Waals surface area (Å²) in [4.78, 5) is 24.1. The van der Waals surface area contributed by atoms with E-state index in [4.69, 9.17) is 0 Å². The van der Waals surface area contributed by atoms with Crippen LogP contribution in [0.15, 0.2) is 35.9 Å². The second kappa shape index (κ2) is 4.13. The van der Waals surface area contributed by atoms with Crippen molar-refractivity contribution >= 4 is 17.4 Å². The summed E-state index contributed by atoms with van der Waals surface area (Å²) in [5, 5.41) is 0. The average molecular weight is 233 g/mol. The quantitative estimate of drug-likeness (QED) is 0.579. The van der Waals surface area contributed by atoms with Crippen LogP contribution in [0.25, 0.3) is 0 Å². The van der Waals surface area contributed by atoms with Crippen LogP contribution in [0.5, 0.6) is 0 Å². The number of allylic oxidation sites excluding steroid dienone is 1. The highest BCUT2D eigenvalue weighted by atomic mass is 19.1. The lowest BCUT2D eigenvalue weighted by Crippen LogP contribution is -2.54. The van der Waals surface area contributed by atoms with Crippen LogP contribution in [0, 0.1) is 5.82 Å². The van der Waals surface area contributed by atoms with Gasteiger partial charge in [0.25, 0.3) is 5.91 Å². The molecule has 1 aliphatic rings. The molecule has 0 radical (unpaired) electrons. The van der Waals surface area contributed by atoms with Crippen molar-refractivity contribution in [3.63, 3.8) is 0 Å². The van der Waals surface area contributed by atoms with Crippen molar-refractivity contribution in [2.24, 2.45) is 0 Å². The number of β-lactam (4-membered cyclic amide) rings is 1. The number of rotatable bonds is 2. The van der Waals surface area contributed by atoms with Crippen molar-refractivity contribution in [1.29, 1.82) is 0 Å². The summed E-state index contributed by atoms with van der Waals surface area (Å²) in [5.74, 6) is -0.916. The molecule has 0 aromatic heterocycles. The summed E-state index contributed by atoms with van der Waals surface area (Å²) >= 11 is 0. The molecule has 1 unspecified atom stereocenters. The molecule has 0 aliphatic carbocycles. The van der Waals surface area contributed by atoms with Gasteiger partial charge in [-0.1, -0.05) is 12.1 Å². The van der Waals surface area contributed by atoms with Gasteiger partial charge in [-0.15, -0.1) is 0 Å². The molecule has 1 saturated heterocycles. The normalized spacial score (nSPS) is 21.6. The summed E-state index contributed by atoms with van der Waals surface area (Å²) in [6.45, 7) is 3.15. The Hall–Kier alpha value is -1.97. The van der Waals surface area contributed by atoms with E-state index in [2.05, 4.69) is 0 Å². The first kappa shape index (κ1) is 11.5. The second-order valence-electron chi connectivity index (χ2n) is 4.01. The highest BCUT2D eigenvalue weighted by Gasteiger charge is 2.40. The van der Waals surface area contributed by atoms with Gasteiger partial charge in [-0.3, -0.25) is 14.5 Å². The van der Waals surface area contributed by atoms with Gasteiger partial charge in [0, 0.05) is 5.57 Å². The molecular formula is C13H12FNO2. The predicted molar refractivity (Wildman–Crippen MR) is 62.1 cm³/mol. The first-order valence-corrected chi connectivity index (χ1v) is 5.32. The van der Waals surface area contributed by atoms with Crippen molar-refractivity contribution in [2.45, 2.75) is 19.9 Å². The molecule has 1 amide bonds. The minimum Gasteiger partial charge on any atom is -0.298 e. The fourth-order valence-corrected chi connectivity index (χ4v) is 1.93. The lowest BCUT2D eigenvalue weighted by atomic mass is 9.93. The number of para-hydroxylation sites is 1. The van der Waals surface area contributed by atoms with E-state index < -0.39 is 5.82 Å². The number of nitrogens with zero attached hydrogens (tertiary/aromatic N) is 1. The third-order valence-corrected chi connectivity index (χ3v) is 2.77. The van der Waals surface area contributed by atoms with Crippen LogP contribution < -0.4 is 4.90 Å². The molecule has 0 N–H and O–H groups in total. The lowest BCUT2D eigenvalue weighted by molar-refractivity contribution is -0.119. The fourth-order valence-electron chi connectivity index (χ4n) is 1.93. The third-order valence-electron chi connectivity index (χ3n) is 2.77. The van der Waals surface area contributed by atoms with Crippen molar-refractivity contribution < 1.29 is 14.0 Å². The van der Waals surface area contributed by atoms with Gasteiger partial charge >= 0.3 is 0 Å². The van der Waals surface area contributed by atoms with Gasteiger partial charge in [0.1, 0.15) is 5.82 Å². The summed E-state index contributed by atoms with van der Waals surface area (Å²) < 4.78 is 13.5.